The number of hydrogen-bond acceptors (Lipinski definition) is 4. The second-order valence-electron chi connectivity index (χ2n) is 5.60. The highest BCUT2D eigenvalue weighted by Gasteiger charge is 2.30. The van der Waals surface area contributed by atoms with Crippen LogP contribution in [0.2, 0.25) is 0 Å². The maximum absolute atomic E-state index is 12.1. The molecule has 118 valence electrons. The van der Waals surface area contributed by atoms with Gasteiger partial charge in [-0.25, -0.2) is 0 Å². The van der Waals surface area contributed by atoms with Crippen molar-refractivity contribution in [2.24, 2.45) is 5.16 Å². The highest BCUT2D eigenvalue weighted by atomic mass is 16.6. The number of nitrogens with zero attached hydrogens (tertiary/aromatic N) is 1. The molecule has 1 heterocycles. The van der Waals surface area contributed by atoms with Crippen molar-refractivity contribution in [2.75, 3.05) is 0 Å². The zero-order valence-electron chi connectivity index (χ0n) is 13.0. The van der Waals surface area contributed by atoms with Crippen molar-refractivity contribution in [2.45, 2.75) is 45.4 Å². The lowest BCUT2D eigenvalue weighted by Crippen LogP contribution is -2.49. The Morgan fingerprint density at radius 3 is 2.50 bits per heavy atom. The van der Waals surface area contributed by atoms with Gasteiger partial charge in [-0.1, -0.05) is 35.5 Å². The Balaban J connectivity index is 1.87. The van der Waals surface area contributed by atoms with E-state index in [-0.39, 0.29) is 17.9 Å². The first-order valence-electron chi connectivity index (χ1n) is 7.36. The number of rotatable bonds is 5. The quantitative estimate of drug-likeness (QED) is 0.858. The van der Waals surface area contributed by atoms with E-state index in [1.54, 1.807) is 6.92 Å². The van der Waals surface area contributed by atoms with Crippen LogP contribution in [0.25, 0.3) is 0 Å². The molecule has 1 aromatic rings. The molecule has 0 spiro atoms. The molecule has 0 saturated heterocycles. The summed E-state index contributed by atoms with van der Waals surface area (Å²) in [4.78, 5) is 29.1. The lowest BCUT2D eigenvalue weighted by molar-refractivity contribution is -0.135. The Kier molecular flexibility index (Phi) is 5.14. The molecule has 2 rings (SSSR count). The SMILES string of the molecule is CC(C)NC(=O)[C@H](C)NC(=O)[C@@H]1CC(c2ccccc2)=NO1. The third kappa shape index (κ3) is 4.07. The van der Waals surface area contributed by atoms with Crippen LogP contribution >= 0.6 is 0 Å². The topological polar surface area (TPSA) is 79.8 Å². The van der Waals surface area contributed by atoms with Crippen molar-refractivity contribution in [1.29, 1.82) is 0 Å². The van der Waals surface area contributed by atoms with Gasteiger partial charge in [0.1, 0.15) is 6.04 Å². The molecule has 6 heteroatoms. The van der Waals surface area contributed by atoms with E-state index in [2.05, 4.69) is 15.8 Å². The monoisotopic (exact) mass is 303 g/mol. The summed E-state index contributed by atoms with van der Waals surface area (Å²) in [5, 5.41) is 9.36. The molecular weight excluding hydrogens is 282 g/mol. The molecule has 0 aliphatic carbocycles. The van der Waals surface area contributed by atoms with E-state index in [1.165, 1.54) is 0 Å². The maximum atomic E-state index is 12.1. The van der Waals surface area contributed by atoms with E-state index in [0.717, 1.165) is 11.3 Å². The van der Waals surface area contributed by atoms with E-state index in [1.807, 2.05) is 44.2 Å². The normalized spacial score (nSPS) is 18.4. The summed E-state index contributed by atoms with van der Waals surface area (Å²) in [5.41, 5.74) is 1.67. The van der Waals surface area contributed by atoms with Crippen molar-refractivity contribution in [1.82, 2.24) is 10.6 Å². The molecule has 0 fully saturated rings. The largest absolute Gasteiger partial charge is 0.382 e. The number of nitrogens with one attached hydrogen (secondary N) is 2. The third-order valence-corrected chi connectivity index (χ3v) is 3.25. The van der Waals surface area contributed by atoms with Crippen molar-refractivity contribution >= 4 is 17.5 Å². The van der Waals surface area contributed by atoms with E-state index in [0.29, 0.717) is 6.42 Å². The lowest BCUT2D eigenvalue weighted by Gasteiger charge is -2.17. The summed E-state index contributed by atoms with van der Waals surface area (Å²) in [6.07, 6.45) is -0.293. The van der Waals surface area contributed by atoms with Crippen LogP contribution in [0.3, 0.4) is 0 Å². The highest BCUT2D eigenvalue weighted by molar-refractivity contribution is 6.04. The van der Waals surface area contributed by atoms with Gasteiger partial charge in [-0.2, -0.15) is 0 Å². The molecule has 1 aliphatic heterocycles. The van der Waals surface area contributed by atoms with Crippen molar-refractivity contribution in [3.63, 3.8) is 0 Å². The van der Waals surface area contributed by atoms with Crippen LogP contribution in [0.15, 0.2) is 35.5 Å². The zero-order valence-corrected chi connectivity index (χ0v) is 13.0. The van der Waals surface area contributed by atoms with Crippen molar-refractivity contribution < 1.29 is 14.4 Å². The predicted octanol–water partition coefficient (Wildman–Crippen LogP) is 1.21. The van der Waals surface area contributed by atoms with Crippen LogP contribution in [0, 0.1) is 0 Å². The van der Waals surface area contributed by atoms with Crippen molar-refractivity contribution in [3.8, 4) is 0 Å². The predicted molar refractivity (Wildman–Crippen MR) is 83.4 cm³/mol. The fourth-order valence-corrected chi connectivity index (χ4v) is 2.10. The standard InChI is InChI=1S/C16H21N3O3/c1-10(2)17-15(20)11(3)18-16(21)14-9-13(19-22-14)12-7-5-4-6-8-12/h4-8,10-11,14H,9H2,1-3H3,(H,17,20)(H,18,21)/t11-,14-/m0/s1. The van der Waals surface area contributed by atoms with Crippen LogP contribution in [-0.4, -0.2) is 35.7 Å². The molecule has 0 aromatic heterocycles. The summed E-state index contributed by atoms with van der Waals surface area (Å²) in [6, 6.07) is 8.98. The highest BCUT2D eigenvalue weighted by Crippen LogP contribution is 2.16. The Morgan fingerprint density at radius 2 is 1.86 bits per heavy atom. The zero-order chi connectivity index (χ0) is 16.1. The minimum atomic E-state index is -0.690. The number of hydrogen-bond donors (Lipinski definition) is 2. The number of carbonyl (C=O) groups excluding carboxylic acids is 2. The third-order valence-electron chi connectivity index (χ3n) is 3.25. The Bertz CT molecular complexity index is 569. The smallest absolute Gasteiger partial charge is 0.264 e. The van der Waals surface area contributed by atoms with Gasteiger partial charge in [0.2, 0.25) is 12.0 Å². The second-order valence-corrected chi connectivity index (χ2v) is 5.60. The number of carbonyl (C=O) groups is 2. The first-order valence-corrected chi connectivity index (χ1v) is 7.36. The molecule has 2 atom stereocenters. The first kappa shape index (κ1) is 16.0. The fraction of sp³-hybridized carbons (Fsp3) is 0.438. The second kappa shape index (κ2) is 7.06. The Hall–Kier alpha value is -2.37. The van der Waals surface area contributed by atoms with Gasteiger partial charge in [0.05, 0.1) is 5.71 Å². The molecule has 22 heavy (non-hydrogen) atoms. The van der Waals surface area contributed by atoms with Gasteiger partial charge in [-0.15, -0.1) is 0 Å². The minimum Gasteiger partial charge on any atom is -0.382 e. The average Bonchev–Trinajstić information content (AvgIpc) is 2.97. The molecule has 1 aliphatic rings. The van der Waals surface area contributed by atoms with Gasteiger partial charge in [0, 0.05) is 12.5 Å². The molecule has 0 radical (unpaired) electrons. The summed E-state index contributed by atoms with van der Waals surface area (Å²) in [6.45, 7) is 5.38. The molecule has 0 bridgehead atoms. The molecule has 0 saturated carbocycles. The van der Waals surface area contributed by atoms with E-state index >= 15 is 0 Å². The number of benzene rings is 1. The van der Waals surface area contributed by atoms with Crippen LogP contribution in [0.4, 0.5) is 0 Å². The number of amides is 2. The Labute approximate surface area is 129 Å². The summed E-state index contributed by atoms with van der Waals surface area (Å²) >= 11 is 0. The molecular formula is C16H21N3O3. The van der Waals surface area contributed by atoms with Crippen LogP contribution in [0.5, 0.6) is 0 Å². The van der Waals surface area contributed by atoms with E-state index in [4.69, 9.17) is 4.84 Å². The minimum absolute atomic E-state index is 0.0302. The molecule has 2 amide bonds. The van der Waals surface area contributed by atoms with Crippen molar-refractivity contribution in [3.05, 3.63) is 35.9 Å². The molecule has 6 nitrogen and oxygen atoms in total. The van der Waals surface area contributed by atoms with Gasteiger partial charge in [0.15, 0.2) is 0 Å². The van der Waals surface area contributed by atoms with E-state index < -0.39 is 12.1 Å². The summed E-state index contributed by atoms with van der Waals surface area (Å²) < 4.78 is 0. The Morgan fingerprint density at radius 1 is 1.18 bits per heavy atom. The summed E-state index contributed by atoms with van der Waals surface area (Å²) in [7, 11) is 0. The fourth-order valence-electron chi connectivity index (χ4n) is 2.10. The molecule has 2 N–H and O–H groups in total. The van der Waals surface area contributed by atoms with E-state index in [9.17, 15) is 9.59 Å². The summed E-state index contributed by atoms with van der Waals surface area (Å²) in [5.74, 6) is -0.549. The van der Waals surface area contributed by atoms with Gasteiger partial charge >= 0.3 is 0 Å². The lowest BCUT2D eigenvalue weighted by atomic mass is 10.0. The average molecular weight is 303 g/mol. The van der Waals surface area contributed by atoms with Gasteiger partial charge < -0.3 is 15.5 Å². The van der Waals surface area contributed by atoms with Crippen LogP contribution < -0.4 is 10.6 Å². The number of oxime groups is 1. The van der Waals surface area contributed by atoms with Crippen LogP contribution in [-0.2, 0) is 14.4 Å². The van der Waals surface area contributed by atoms with Gasteiger partial charge in [-0.05, 0) is 26.3 Å². The van der Waals surface area contributed by atoms with Gasteiger partial charge in [0.25, 0.3) is 5.91 Å². The maximum Gasteiger partial charge on any atom is 0.264 e. The van der Waals surface area contributed by atoms with Crippen LogP contribution in [0.1, 0.15) is 32.8 Å². The van der Waals surface area contributed by atoms with Gasteiger partial charge in [-0.3, -0.25) is 9.59 Å². The first-order chi connectivity index (χ1) is 10.5. The molecule has 1 aromatic carbocycles. The molecule has 0 unspecified atom stereocenters.